The molecule has 0 fully saturated rings. The predicted molar refractivity (Wildman–Crippen MR) is 77.3 cm³/mol. The van der Waals surface area contributed by atoms with Crippen molar-refractivity contribution >= 4 is 15.9 Å². The molecule has 0 bridgehead atoms. The molecule has 0 saturated heterocycles. The van der Waals surface area contributed by atoms with Gasteiger partial charge >= 0.3 is 0 Å². The number of rotatable bonds is 3. The highest BCUT2D eigenvalue weighted by molar-refractivity contribution is 9.10. The van der Waals surface area contributed by atoms with Crippen molar-refractivity contribution in [2.24, 2.45) is 5.73 Å². The molecule has 1 unspecified atom stereocenters. The van der Waals surface area contributed by atoms with E-state index < -0.39 is 0 Å². The van der Waals surface area contributed by atoms with Gasteiger partial charge in [-0.15, -0.1) is 0 Å². The lowest BCUT2D eigenvalue weighted by atomic mass is 10.1. The van der Waals surface area contributed by atoms with Gasteiger partial charge < -0.3 is 15.2 Å². The summed E-state index contributed by atoms with van der Waals surface area (Å²) < 4.78 is 12.3. The van der Waals surface area contributed by atoms with Crippen LogP contribution in [-0.2, 0) is 6.61 Å². The highest BCUT2D eigenvalue weighted by Gasteiger charge is 2.20. The molecule has 2 aromatic carbocycles. The molecular formula is C15H14BrNO2. The normalized spacial score (nSPS) is 16.8. The Bertz CT molecular complexity index is 600. The first-order chi connectivity index (χ1) is 9.22. The second-order valence-corrected chi connectivity index (χ2v) is 5.45. The fraction of sp³-hybridized carbons (Fsp3) is 0.200. The molecular weight excluding hydrogens is 306 g/mol. The molecule has 0 amide bonds. The Labute approximate surface area is 120 Å². The van der Waals surface area contributed by atoms with Gasteiger partial charge in [-0.3, -0.25) is 0 Å². The molecule has 0 radical (unpaired) electrons. The molecule has 3 rings (SSSR count). The van der Waals surface area contributed by atoms with Crippen molar-refractivity contribution in [3.8, 4) is 11.5 Å². The lowest BCUT2D eigenvalue weighted by Gasteiger charge is -2.08. The van der Waals surface area contributed by atoms with Crippen molar-refractivity contribution in [2.45, 2.75) is 12.6 Å². The number of fused-ring (bicyclic) bond motifs is 1. The third kappa shape index (κ3) is 2.74. The molecule has 0 aromatic heterocycles. The van der Waals surface area contributed by atoms with E-state index in [2.05, 4.69) is 15.9 Å². The first-order valence-electron chi connectivity index (χ1n) is 6.12. The number of hydrogen-bond acceptors (Lipinski definition) is 3. The van der Waals surface area contributed by atoms with Gasteiger partial charge in [0.25, 0.3) is 0 Å². The van der Waals surface area contributed by atoms with Crippen molar-refractivity contribution in [3.63, 3.8) is 0 Å². The molecule has 0 spiro atoms. The largest absolute Gasteiger partial charge is 0.491 e. The van der Waals surface area contributed by atoms with Crippen molar-refractivity contribution < 1.29 is 9.47 Å². The minimum absolute atomic E-state index is 0.0193. The van der Waals surface area contributed by atoms with Gasteiger partial charge in [-0.1, -0.05) is 28.1 Å². The average Bonchev–Trinajstić information content (AvgIpc) is 2.78. The van der Waals surface area contributed by atoms with Gasteiger partial charge in [0.05, 0.1) is 6.04 Å². The van der Waals surface area contributed by atoms with Crippen LogP contribution in [0, 0.1) is 0 Å². The molecule has 1 aliphatic rings. The molecule has 1 heterocycles. The summed E-state index contributed by atoms with van der Waals surface area (Å²) in [5.41, 5.74) is 8.08. The minimum atomic E-state index is -0.0193. The van der Waals surface area contributed by atoms with E-state index in [9.17, 15) is 0 Å². The molecule has 3 nitrogen and oxygen atoms in total. The Kier molecular flexibility index (Phi) is 3.44. The maximum Gasteiger partial charge on any atom is 0.127 e. The van der Waals surface area contributed by atoms with Crippen LogP contribution in [0.2, 0.25) is 0 Å². The van der Waals surface area contributed by atoms with E-state index in [1.165, 1.54) is 0 Å². The summed E-state index contributed by atoms with van der Waals surface area (Å²) in [4.78, 5) is 0. The number of nitrogens with two attached hydrogens (primary N) is 1. The molecule has 2 aromatic rings. The van der Waals surface area contributed by atoms with E-state index in [4.69, 9.17) is 15.2 Å². The van der Waals surface area contributed by atoms with E-state index >= 15 is 0 Å². The fourth-order valence-corrected chi connectivity index (χ4v) is 2.55. The van der Waals surface area contributed by atoms with E-state index in [-0.39, 0.29) is 6.04 Å². The number of halogens is 1. The SMILES string of the molecule is NC1COc2cc(OCc3cccc(Br)c3)ccc21. The molecule has 0 aliphatic carbocycles. The number of benzene rings is 2. The van der Waals surface area contributed by atoms with Crippen LogP contribution in [0.25, 0.3) is 0 Å². The average molecular weight is 320 g/mol. The van der Waals surface area contributed by atoms with Gasteiger partial charge in [-0.25, -0.2) is 0 Å². The summed E-state index contributed by atoms with van der Waals surface area (Å²) in [5, 5.41) is 0. The second kappa shape index (κ2) is 5.23. The Morgan fingerprint density at radius 2 is 2.16 bits per heavy atom. The van der Waals surface area contributed by atoms with Crippen LogP contribution in [0.5, 0.6) is 11.5 Å². The van der Waals surface area contributed by atoms with Crippen molar-refractivity contribution in [1.82, 2.24) is 0 Å². The van der Waals surface area contributed by atoms with Gasteiger partial charge in [-0.05, 0) is 29.8 Å². The first-order valence-corrected chi connectivity index (χ1v) is 6.91. The van der Waals surface area contributed by atoms with Gasteiger partial charge in [0.15, 0.2) is 0 Å². The topological polar surface area (TPSA) is 44.5 Å². The zero-order valence-corrected chi connectivity index (χ0v) is 11.9. The lowest BCUT2D eigenvalue weighted by Crippen LogP contribution is -2.10. The summed E-state index contributed by atoms with van der Waals surface area (Å²) in [6, 6.07) is 13.9. The standard InChI is InChI=1S/C15H14BrNO2/c16-11-3-1-2-10(6-11)8-18-12-4-5-13-14(17)9-19-15(13)7-12/h1-7,14H,8-9,17H2. The van der Waals surface area contributed by atoms with Crippen LogP contribution < -0.4 is 15.2 Å². The molecule has 0 saturated carbocycles. The summed E-state index contributed by atoms with van der Waals surface area (Å²) in [7, 11) is 0. The van der Waals surface area contributed by atoms with Crippen LogP contribution in [0.15, 0.2) is 46.9 Å². The van der Waals surface area contributed by atoms with E-state index in [1.807, 2.05) is 42.5 Å². The van der Waals surface area contributed by atoms with E-state index in [1.54, 1.807) is 0 Å². The van der Waals surface area contributed by atoms with Gasteiger partial charge in [0.2, 0.25) is 0 Å². The number of hydrogen-bond donors (Lipinski definition) is 1. The molecule has 1 aliphatic heterocycles. The predicted octanol–water partition coefficient (Wildman–Crippen LogP) is 3.42. The van der Waals surface area contributed by atoms with Gasteiger partial charge in [0.1, 0.15) is 24.7 Å². The highest BCUT2D eigenvalue weighted by Crippen LogP contribution is 2.34. The van der Waals surface area contributed by atoms with Crippen LogP contribution in [-0.4, -0.2) is 6.61 Å². The zero-order chi connectivity index (χ0) is 13.2. The van der Waals surface area contributed by atoms with Crippen molar-refractivity contribution in [1.29, 1.82) is 0 Å². The summed E-state index contributed by atoms with van der Waals surface area (Å²) in [5.74, 6) is 1.63. The van der Waals surface area contributed by atoms with Crippen LogP contribution in [0.1, 0.15) is 17.2 Å². The Morgan fingerprint density at radius 3 is 3.00 bits per heavy atom. The van der Waals surface area contributed by atoms with Crippen LogP contribution in [0.3, 0.4) is 0 Å². The second-order valence-electron chi connectivity index (χ2n) is 4.54. The van der Waals surface area contributed by atoms with Crippen LogP contribution >= 0.6 is 15.9 Å². The molecule has 19 heavy (non-hydrogen) atoms. The Balaban J connectivity index is 1.71. The van der Waals surface area contributed by atoms with Gasteiger partial charge in [-0.2, -0.15) is 0 Å². The van der Waals surface area contributed by atoms with Crippen LogP contribution in [0.4, 0.5) is 0 Å². The molecule has 98 valence electrons. The molecule has 1 atom stereocenters. The molecule has 2 N–H and O–H groups in total. The minimum Gasteiger partial charge on any atom is -0.491 e. The number of ether oxygens (including phenoxy) is 2. The third-order valence-electron chi connectivity index (χ3n) is 3.10. The first kappa shape index (κ1) is 12.5. The Hall–Kier alpha value is -1.52. The van der Waals surface area contributed by atoms with E-state index in [0.29, 0.717) is 13.2 Å². The lowest BCUT2D eigenvalue weighted by molar-refractivity contribution is 0.301. The molecule has 4 heteroatoms. The summed E-state index contributed by atoms with van der Waals surface area (Å²) in [6.45, 7) is 1.08. The zero-order valence-electron chi connectivity index (χ0n) is 10.3. The summed E-state index contributed by atoms with van der Waals surface area (Å²) in [6.07, 6.45) is 0. The quantitative estimate of drug-likeness (QED) is 0.942. The smallest absolute Gasteiger partial charge is 0.127 e. The van der Waals surface area contributed by atoms with Crippen molar-refractivity contribution in [3.05, 3.63) is 58.1 Å². The maximum atomic E-state index is 5.91. The third-order valence-corrected chi connectivity index (χ3v) is 3.59. The fourth-order valence-electron chi connectivity index (χ4n) is 2.10. The Morgan fingerprint density at radius 1 is 1.26 bits per heavy atom. The van der Waals surface area contributed by atoms with Gasteiger partial charge in [0, 0.05) is 16.1 Å². The monoisotopic (exact) mass is 319 g/mol. The van der Waals surface area contributed by atoms with E-state index in [0.717, 1.165) is 27.1 Å². The highest BCUT2D eigenvalue weighted by atomic mass is 79.9. The summed E-state index contributed by atoms with van der Waals surface area (Å²) >= 11 is 3.45. The van der Waals surface area contributed by atoms with Crippen molar-refractivity contribution in [2.75, 3.05) is 6.61 Å². The maximum absolute atomic E-state index is 5.91.